The van der Waals surface area contributed by atoms with Crippen LogP contribution in [0.5, 0.6) is 5.88 Å². The van der Waals surface area contributed by atoms with E-state index in [1.165, 1.54) is 0 Å². The molecule has 0 spiro atoms. The van der Waals surface area contributed by atoms with Crippen LogP contribution in [0.15, 0.2) is 42.6 Å². The standard InChI is InChI=1S/C15H15N3O/c1-2-19-15-7-6-14(11-18-15)17-10-13-5-3-4-12(8-13)9-16/h3-8,11,17H,2,10H2,1H3. The van der Waals surface area contributed by atoms with Crippen LogP contribution in [0.25, 0.3) is 0 Å². The van der Waals surface area contributed by atoms with Crippen LogP contribution in [0.3, 0.4) is 0 Å². The molecule has 0 saturated carbocycles. The van der Waals surface area contributed by atoms with E-state index < -0.39 is 0 Å². The first-order valence-corrected chi connectivity index (χ1v) is 6.13. The lowest BCUT2D eigenvalue weighted by molar-refractivity contribution is 0.327. The molecule has 4 nitrogen and oxygen atoms in total. The monoisotopic (exact) mass is 253 g/mol. The Morgan fingerprint density at radius 2 is 2.21 bits per heavy atom. The molecule has 0 radical (unpaired) electrons. The Kier molecular flexibility index (Phi) is 4.35. The molecule has 2 rings (SSSR count). The second-order valence-electron chi connectivity index (χ2n) is 3.98. The molecule has 0 amide bonds. The molecule has 0 atom stereocenters. The third-order valence-corrected chi connectivity index (χ3v) is 2.58. The Hall–Kier alpha value is -2.54. The highest BCUT2D eigenvalue weighted by atomic mass is 16.5. The first-order valence-electron chi connectivity index (χ1n) is 6.13. The van der Waals surface area contributed by atoms with Crippen LogP contribution in [0.1, 0.15) is 18.1 Å². The van der Waals surface area contributed by atoms with Crippen molar-refractivity contribution >= 4 is 5.69 Å². The van der Waals surface area contributed by atoms with E-state index in [9.17, 15) is 0 Å². The molecule has 96 valence electrons. The van der Waals surface area contributed by atoms with E-state index >= 15 is 0 Å². The molecule has 1 N–H and O–H groups in total. The summed E-state index contributed by atoms with van der Waals surface area (Å²) in [6.07, 6.45) is 1.74. The normalized spacial score (nSPS) is 9.68. The van der Waals surface area contributed by atoms with Crippen molar-refractivity contribution in [3.8, 4) is 11.9 Å². The number of pyridine rings is 1. The van der Waals surface area contributed by atoms with Crippen LogP contribution in [0.4, 0.5) is 5.69 Å². The first kappa shape index (κ1) is 12.9. The van der Waals surface area contributed by atoms with E-state index in [1.54, 1.807) is 12.3 Å². The highest BCUT2D eigenvalue weighted by Gasteiger charge is 1.98. The molecule has 0 aliphatic heterocycles. The zero-order valence-corrected chi connectivity index (χ0v) is 10.8. The molecule has 19 heavy (non-hydrogen) atoms. The van der Waals surface area contributed by atoms with E-state index in [0.29, 0.717) is 24.6 Å². The van der Waals surface area contributed by atoms with Gasteiger partial charge in [-0.3, -0.25) is 0 Å². The van der Waals surface area contributed by atoms with Crippen LogP contribution in [-0.2, 0) is 6.54 Å². The van der Waals surface area contributed by atoms with Crippen LogP contribution in [0.2, 0.25) is 0 Å². The lowest BCUT2D eigenvalue weighted by Crippen LogP contribution is -2.01. The third kappa shape index (κ3) is 3.71. The number of rotatable bonds is 5. The number of anilines is 1. The minimum Gasteiger partial charge on any atom is -0.478 e. The minimum absolute atomic E-state index is 0.612. The second-order valence-corrected chi connectivity index (χ2v) is 3.98. The number of hydrogen-bond donors (Lipinski definition) is 1. The van der Waals surface area contributed by atoms with Gasteiger partial charge in [-0.25, -0.2) is 4.98 Å². The van der Waals surface area contributed by atoms with E-state index in [2.05, 4.69) is 16.4 Å². The molecule has 0 fully saturated rings. The van der Waals surface area contributed by atoms with Gasteiger partial charge in [-0.15, -0.1) is 0 Å². The quantitative estimate of drug-likeness (QED) is 0.890. The maximum absolute atomic E-state index is 8.83. The number of ether oxygens (including phenoxy) is 1. The molecule has 0 saturated heterocycles. The van der Waals surface area contributed by atoms with Gasteiger partial charge in [0.25, 0.3) is 0 Å². The van der Waals surface area contributed by atoms with E-state index in [-0.39, 0.29) is 0 Å². The Bertz CT molecular complexity index is 573. The van der Waals surface area contributed by atoms with Crippen LogP contribution < -0.4 is 10.1 Å². The summed E-state index contributed by atoms with van der Waals surface area (Å²) in [5.41, 5.74) is 2.66. The number of nitrogens with one attached hydrogen (secondary N) is 1. The smallest absolute Gasteiger partial charge is 0.213 e. The number of benzene rings is 1. The molecular weight excluding hydrogens is 238 g/mol. The second kappa shape index (κ2) is 6.41. The summed E-state index contributed by atoms with van der Waals surface area (Å²) >= 11 is 0. The molecule has 2 aromatic rings. The number of aromatic nitrogens is 1. The predicted molar refractivity (Wildman–Crippen MR) is 73.9 cm³/mol. The summed E-state index contributed by atoms with van der Waals surface area (Å²) in [5.74, 6) is 0.625. The summed E-state index contributed by atoms with van der Waals surface area (Å²) in [5, 5.41) is 12.1. The first-order chi connectivity index (χ1) is 9.31. The van der Waals surface area contributed by atoms with Crippen molar-refractivity contribution in [1.82, 2.24) is 4.98 Å². The summed E-state index contributed by atoms with van der Waals surface area (Å²) in [7, 11) is 0. The average Bonchev–Trinajstić information content (AvgIpc) is 2.47. The minimum atomic E-state index is 0.612. The predicted octanol–water partition coefficient (Wildman–Crippen LogP) is 2.96. The van der Waals surface area contributed by atoms with Gasteiger partial charge in [0.05, 0.1) is 30.1 Å². The third-order valence-electron chi connectivity index (χ3n) is 2.58. The Morgan fingerprint density at radius 1 is 1.32 bits per heavy atom. The van der Waals surface area contributed by atoms with Crippen LogP contribution in [-0.4, -0.2) is 11.6 Å². The number of nitrogens with zero attached hydrogens (tertiary/aromatic N) is 2. The van der Waals surface area contributed by atoms with Gasteiger partial charge < -0.3 is 10.1 Å². The molecule has 1 aromatic carbocycles. The van der Waals surface area contributed by atoms with Gasteiger partial charge in [0, 0.05) is 12.6 Å². The highest BCUT2D eigenvalue weighted by molar-refractivity contribution is 5.43. The van der Waals surface area contributed by atoms with Gasteiger partial charge in [-0.2, -0.15) is 5.26 Å². The lowest BCUT2D eigenvalue weighted by atomic mass is 10.1. The fourth-order valence-corrected chi connectivity index (χ4v) is 1.67. The van der Waals surface area contributed by atoms with Gasteiger partial charge in [0.2, 0.25) is 5.88 Å². The van der Waals surface area contributed by atoms with Crippen molar-refractivity contribution in [2.75, 3.05) is 11.9 Å². The maximum Gasteiger partial charge on any atom is 0.213 e. The zero-order valence-electron chi connectivity index (χ0n) is 10.8. The van der Waals surface area contributed by atoms with E-state index in [4.69, 9.17) is 10.00 Å². The van der Waals surface area contributed by atoms with Crippen molar-refractivity contribution in [2.45, 2.75) is 13.5 Å². The molecule has 4 heteroatoms. The van der Waals surface area contributed by atoms with Gasteiger partial charge in [-0.05, 0) is 30.7 Å². The largest absolute Gasteiger partial charge is 0.478 e. The van der Waals surface area contributed by atoms with Crippen molar-refractivity contribution in [3.63, 3.8) is 0 Å². The van der Waals surface area contributed by atoms with Crippen molar-refractivity contribution in [2.24, 2.45) is 0 Å². The van der Waals surface area contributed by atoms with Gasteiger partial charge in [0.1, 0.15) is 0 Å². The molecule has 0 bridgehead atoms. The van der Waals surface area contributed by atoms with Gasteiger partial charge in [-0.1, -0.05) is 12.1 Å². The lowest BCUT2D eigenvalue weighted by Gasteiger charge is -2.07. The van der Waals surface area contributed by atoms with Crippen molar-refractivity contribution in [1.29, 1.82) is 5.26 Å². The number of hydrogen-bond acceptors (Lipinski definition) is 4. The van der Waals surface area contributed by atoms with Crippen LogP contribution in [0, 0.1) is 11.3 Å². The van der Waals surface area contributed by atoms with Crippen molar-refractivity contribution < 1.29 is 4.74 Å². The van der Waals surface area contributed by atoms with Gasteiger partial charge >= 0.3 is 0 Å². The number of nitriles is 1. The summed E-state index contributed by atoms with van der Waals surface area (Å²) in [6, 6.07) is 13.4. The highest BCUT2D eigenvalue weighted by Crippen LogP contribution is 2.13. The molecular formula is C15H15N3O. The molecule has 0 aliphatic carbocycles. The Morgan fingerprint density at radius 3 is 2.89 bits per heavy atom. The molecule has 1 aromatic heterocycles. The SMILES string of the molecule is CCOc1ccc(NCc2cccc(C#N)c2)cn1. The maximum atomic E-state index is 8.83. The fraction of sp³-hybridized carbons (Fsp3) is 0.200. The van der Waals surface area contributed by atoms with Crippen LogP contribution >= 0.6 is 0 Å². The topological polar surface area (TPSA) is 57.9 Å². The fourth-order valence-electron chi connectivity index (χ4n) is 1.67. The summed E-state index contributed by atoms with van der Waals surface area (Å²) in [4.78, 5) is 4.18. The van der Waals surface area contributed by atoms with Crippen molar-refractivity contribution in [3.05, 3.63) is 53.7 Å². The Balaban J connectivity index is 1.96. The summed E-state index contributed by atoms with van der Waals surface area (Å²) < 4.78 is 5.28. The Labute approximate surface area is 112 Å². The zero-order chi connectivity index (χ0) is 13.5. The molecule has 0 unspecified atom stereocenters. The average molecular weight is 253 g/mol. The molecule has 0 aliphatic rings. The molecule has 1 heterocycles. The van der Waals surface area contributed by atoms with Gasteiger partial charge in [0.15, 0.2) is 0 Å². The van der Waals surface area contributed by atoms with E-state index in [1.807, 2.05) is 37.3 Å². The van der Waals surface area contributed by atoms with E-state index in [0.717, 1.165) is 11.3 Å². The summed E-state index contributed by atoms with van der Waals surface area (Å²) in [6.45, 7) is 3.20.